The maximum atomic E-state index is 14.1. The summed E-state index contributed by atoms with van der Waals surface area (Å²) in [5, 5.41) is 3.04. The van der Waals surface area contributed by atoms with Gasteiger partial charge in [-0.3, -0.25) is 9.59 Å². The Morgan fingerprint density at radius 3 is 2.70 bits per heavy atom. The van der Waals surface area contributed by atoms with Gasteiger partial charge in [0.2, 0.25) is 11.8 Å². The number of carbonyl (C=O) groups excluding carboxylic acids is 2. The van der Waals surface area contributed by atoms with E-state index in [9.17, 15) is 18.4 Å². The van der Waals surface area contributed by atoms with Crippen LogP contribution in [0.5, 0.6) is 0 Å². The van der Waals surface area contributed by atoms with Crippen molar-refractivity contribution in [2.75, 3.05) is 6.54 Å². The van der Waals surface area contributed by atoms with E-state index in [1.807, 2.05) is 20.8 Å². The molecule has 2 aliphatic rings. The minimum Gasteiger partial charge on any atom is -0.350 e. The van der Waals surface area contributed by atoms with Crippen LogP contribution in [0.4, 0.5) is 8.78 Å². The Balaban J connectivity index is 1.76. The number of nitrogens with zero attached hydrogens (tertiary/aromatic N) is 1. The van der Waals surface area contributed by atoms with Gasteiger partial charge in [-0.1, -0.05) is 33.3 Å². The SMILES string of the molecule is CCCC1CN(C(=O)C2CC2c2ccc(F)cc2F)C(CC(C)C)C(=O)N1. The lowest BCUT2D eigenvalue weighted by atomic mass is 9.96. The maximum Gasteiger partial charge on any atom is 0.243 e. The first-order chi connectivity index (χ1) is 12.8. The molecule has 1 aromatic rings. The smallest absolute Gasteiger partial charge is 0.243 e. The molecule has 0 aromatic heterocycles. The molecule has 0 spiro atoms. The lowest BCUT2D eigenvalue weighted by molar-refractivity contribution is -0.146. The van der Waals surface area contributed by atoms with Crippen LogP contribution in [0.15, 0.2) is 18.2 Å². The highest BCUT2D eigenvalue weighted by Crippen LogP contribution is 2.49. The van der Waals surface area contributed by atoms with Gasteiger partial charge in [0, 0.05) is 24.6 Å². The Morgan fingerprint density at radius 1 is 1.33 bits per heavy atom. The average Bonchev–Trinajstić information content (AvgIpc) is 3.36. The fraction of sp³-hybridized carbons (Fsp3) is 0.619. The zero-order valence-corrected chi connectivity index (χ0v) is 16.2. The molecule has 2 fully saturated rings. The number of nitrogens with one attached hydrogen (secondary N) is 1. The normalized spacial score (nSPS) is 27.6. The number of carbonyl (C=O) groups is 2. The minimum absolute atomic E-state index is 0.0328. The summed E-state index contributed by atoms with van der Waals surface area (Å²) in [6.45, 7) is 6.61. The van der Waals surface area contributed by atoms with Crippen molar-refractivity contribution in [3.63, 3.8) is 0 Å². The molecule has 27 heavy (non-hydrogen) atoms. The number of hydrogen-bond acceptors (Lipinski definition) is 2. The summed E-state index contributed by atoms with van der Waals surface area (Å²) < 4.78 is 27.2. The third kappa shape index (κ3) is 4.30. The van der Waals surface area contributed by atoms with Gasteiger partial charge in [0.15, 0.2) is 0 Å². The highest BCUT2D eigenvalue weighted by atomic mass is 19.1. The fourth-order valence-corrected chi connectivity index (χ4v) is 4.11. The summed E-state index contributed by atoms with van der Waals surface area (Å²) in [7, 11) is 0. The van der Waals surface area contributed by atoms with Gasteiger partial charge in [-0.2, -0.15) is 0 Å². The summed E-state index contributed by atoms with van der Waals surface area (Å²) in [5.41, 5.74) is 0.390. The van der Waals surface area contributed by atoms with Crippen LogP contribution in [0.1, 0.15) is 57.9 Å². The Kier molecular flexibility index (Phi) is 5.82. The molecule has 148 valence electrons. The van der Waals surface area contributed by atoms with Crippen LogP contribution < -0.4 is 5.32 Å². The van der Waals surface area contributed by atoms with Crippen molar-refractivity contribution >= 4 is 11.8 Å². The van der Waals surface area contributed by atoms with Gasteiger partial charge in [0.05, 0.1) is 0 Å². The lowest BCUT2D eigenvalue weighted by Gasteiger charge is -2.40. The molecule has 1 aliphatic carbocycles. The zero-order valence-electron chi connectivity index (χ0n) is 16.2. The van der Waals surface area contributed by atoms with Gasteiger partial charge in [-0.25, -0.2) is 8.78 Å². The van der Waals surface area contributed by atoms with Crippen molar-refractivity contribution in [3.8, 4) is 0 Å². The minimum atomic E-state index is -0.619. The van der Waals surface area contributed by atoms with Crippen molar-refractivity contribution in [2.45, 2.75) is 64.5 Å². The first kappa shape index (κ1) is 19.8. The van der Waals surface area contributed by atoms with Crippen LogP contribution in [-0.2, 0) is 9.59 Å². The van der Waals surface area contributed by atoms with Crippen LogP contribution >= 0.6 is 0 Å². The Hall–Kier alpha value is -1.98. The number of piperazine rings is 1. The molecule has 3 rings (SSSR count). The summed E-state index contributed by atoms with van der Waals surface area (Å²) >= 11 is 0. The highest BCUT2D eigenvalue weighted by Gasteiger charge is 2.50. The van der Waals surface area contributed by atoms with Gasteiger partial charge in [0.1, 0.15) is 17.7 Å². The van der Waals surface area contributed by atoms with E-state index in [1.54, 1.807) is 4.90 Å². The average molecular weight is 378 g/mol. The van der Waals surface area contributed by atoms with Gasteiger partial charge in [-0.05, 0) is 42.7 Å². The highest BCUT2D eigenvalue weighted by molar-refractivity contribution is 5.91. The van der Waals surface area contributed by atoms with Crippen molar-refractivity contribution < 1.29 is 18.4 Å². The molecule has 6 heteroatoms. The van der Waals surface area contributed by atoms with Crippen LogP contribution in [0.3, 0.4) is 0 Å². The van der Waals surface area contributed by atoms with Crippen LogP contribution in [-0.4, -0.2) is 35.3 Å². The monoisotopic (exact) mass is 378 g/mol. The second kappa shape index (κ2) is 7.95. The molecule has 4 unspecified atom stereocenters. The van der Waals surface area contributed by atoms with E-state index in [1.165, 1.54) is 12.1 Å². The quantitative estimate of drug-likeness (QED) is 0.822. The second-order valence-corrected chi connectivity index (χ2v) is 8.24. The summed E-state index contributed by atoms with van der Waals surface area (Å²) in [5.74, 6) is -1.66. The summed E-state index contributed by atoms with van der Waals surface area (Å²) in [4.78, 5) is 27.5. The van der Waals surface area contributed by atoms with E-state index in [0.29, 0.717) is 24.9 Å². The van der Waals surface area contributed by atoms with Crippen LogP contribution in [0, 0.1) is 23.5 Å². The van der Waals surface area contributed by atoms with Crippen molar-refractivity contribution in [3.05, 3.63) is 35.4 Å². The number of rotatable bonds is 6. The number of amides is 2. The van der Waals surface area contributed by atoms with Crippen molar-refractivity contribution in [1.29, 1.82) is 0 Å². The Morgan fingerprint density at radius 2 is 2.07 bits per heavy atom. The summed E-state index contributed by atoms with van der Waals surface area (Å²) in [6, 6.07) is 3.02. The van der Waals surface area contributed by atoms with Crippen LogP contribution in [0.25, 0.3) is 0 Å². The zero-order chi connectivity index (χ0) is 19.7. The molecule has 4 nitrogen and oxygen atoms in total. The molecule has 1 saturated carbocycles. The van der Waals surface area contributed by atoms with E-state index in [4.69, 9.17) is 0 Å². The molecule has 0 radical (unpaired) electrons. The van der Waals surface area contributed by atoms with Gasteiger partial charge in [0.25, 0.3) is 0 Å². The fourth-order valence-electron chi connectivity index (χ4n) is 4.11. The molecule has 1 heterocycles. The summed E-state index contributed by atoms with van der Waals surface area (Å²) in [6.07, 6.45) is 2.91. The number of halogens is 2. The molecule has 0 bridgehead atoms. The van der Waals surface area contributed by atoms with Crippen molar-refractivity contribution in [2.24, 2.45) is 11.8 Å². The third-order valence-corrected chi connectivity index (χ3v) is 5.53. The Labute approximate surface area is 159 Å². The molecule has 2 amide bonds. The number of benzene rings is 1. The molecule has 1 aliphatic heterocycles. The first-order valence-electron chi connectivity index (χ1n) is 9.87. The van der Waals surface area contributed by atoms with Crippen LogP contribution in [0.2, 0.25) is 0 Å². The predicted molar refractivity (Wildman–Crippen MR) is 99.0 cm³/mol. The van der Waals surface area contributed by atoms with E-state index in [0.717, 1.165) is 18.9 Å². The first-order valence-corrected chi connectivity index (χ1v) is 9.87. The molecule has 4 atom stereocenters. The van der Waals surface area contributed by atoms with E-state index in [2.05, 4.69) is 5.32 Å². The van der Waals surface area contributed by atoms with Gasteiger partial charge >= 0.3 is 0 Å². The third-order valence-electron chi connectivity index (χ3n) is 5.53. The van der Waals surface area contributed by atoms with Gasteiger partial charge in [-0.15, -0.1) is 0 Å². The second-order valence-electron chi connectivity index (χ2n) is 8.24. The van der Waals surface area contributed by atoms with Gasteiger partial charge < -0.3 is 10.2 Å². The molecule has 1 N–H and O–H groups in total. The lowest BCUT2D eigenvalue weighted by Crippen LogP contribution is -2.62. The van der Waals surface area contributed by atoms with E-state index < -0.39 is 17.7 Å². The topological polar surface area (TPSA) is 49.4 Å². The molecular formula is C21H28F2N2O2. The number of hydrogen-bond donors (Lipinski definition) is 1. The largest absolute Gasteiger partial charge is 0.350 e. The molecule has 1 aromatic carbocycles. The maximum absolute atomic E-state index is 14.1. The van der Waals surface area contributed by atoms with E-state index in [-0.39, 0.29) is 35.6 Å². The van der Waals surface area contributed by atoms with Crippen molar-refractivity contribution in [1.82, 2.24) is 10.2 Å². The molecular weight excluding hydrogens is 350 g/mol. The standard InChI is InChI=1S/C21H28F2N2O2/c1-4-5-14-11-25(19(8-12(2)3)20(26)24-14)21(27)17-10-16(17)15-7-6-13(22)9-18(15)23/h6-7,9,12,14,16-17,19H,4-5,8,10-11H2,1-3H3,(H,24,26). The predicted octanol–water partition coefficient (Wildman–Crippen LogP) is 3.61. The van der Waals surface area contributed by atoms with E-state index >= 15 is 0 Å². The Bertz CT molecular complexity index is 722. The molecule has 1 saturated heterocycles.